The Balaban J connectivity index is 0.00000289. The van der Waals surface area contributed by atoms with Gasteiger partial charge in [0, 0.05) is 12.8 Å². The minimum Gasteiger partial charge on any atom is -0.494 e. The lowest BCUT2D eigenvalue weighted by Gasteiger charge is -2.11. The molecule has 1 atom stereocenters. The maximum absolute atomic E-state index is 11.6. The first-order chi connectivity index (χ1) is 8.17. The number of methoxy groups -OCH3 is 1. The van der Waals surface area contributed by atoms with E-state index in [1.807, 2.05) is 6.92 Å². The number of nitrogens with two attached hydrogens (primary N) is 1. The van der Waals surface area contributed by atoms with Crippen LogP contribution in [-0.2, 0) is 9.53 Å². The van der Waals surface area contributed by atoms with Gasteiger partial charge in [0.2, 0.25) is 5.91 Å². The van der Waals surface area contributed by atoms with Crippen LogP contribution in [0.5, 0.6) is 5.75 Å². The summed E-state index contributed by atoms with van der Waals surface area (Å²) < 4.78 is 10.1. The molecule has 0 aliphatic carbocycles. The van der Waals surface area contributed by atoms with Crippen LogP contribution in [0.25, 0.3) is 0 Å². The lowest BCUT2D eigenvalue weighted by Crippen LogP contribution is -2.39. The maximum atomic E-state index is 11.6. The molecule has 0 radical (unpaired) electrons. The Hall–Kier alpha value is -1.30. The van der Waals surface area contributed by atoms with Gasteiger partial charge < -0.3 is 20.5 Å². The van der Waals surface area contributed by atoms with Crippen molar-refractivity contribution in [1.29, 1.82) is 0 Å². The Labute approximate surface area is 113 Å². The molecule has 1 aromatic carbocycles. The molecule has 102 valence electrons. The van der Waals surface area contributed by atoms with E-state index in [-0.39, 0.29) is 24.9 Å². The van der Waals surface area contributed by atoms with Crippen molar-refractivity contribution in [2.75, 3.05) is 25.6 Å². The van der Waals surface area contributed by atoms with Crippen LogP contribution in [0.15, 0.2) is 24.3 Å². The van der Waals surface area contributed by atoms with E-state index in [9.17, 15) is 4.79 Å². The number of anilines is 1. The predicted molar refractivity (Wildman–Crippen MR) is 73.3 cm³/mol. The highest BCUT2D eigenvalue weighted by Crippen LogP contribution is 2.15. The summed E-state index contributed by atoms with van der Waals surface area (Å²) in [7, 11) is 1.50. The highest BCUT2D eigenvalue weighted by atomic mass is 35.5. The van der Waals surface area contributed by atoms with Crippen LogP contribution in [0, 0.1) is 0 Å². The fourth-order valence-corrected chi connectivity index (χ4v) is 1.29. The van der Waals surface area contributed by atoms with Crippen LogP contribution in [0.2, 0.25) is 0 Å². The van der Waals surface area contributed by atoms with Gasteiger partial charge in [-0.2, -0.15) is 0 Å². The Kier molecular flexibility index (Phi) is 8.11. The molecule has 1 amide bonds. The van der Waals surface area contributed by atoms with Crippen molar-refractivity contribution < 1.29 is 14.3 Å². The number of hydrogen-bond acceptors (Lipinski definition) is 4. The van der Waals surface area contributed by atoms with Crippen molar-refractivity contribution in [2.45, 2.75) is 13.0 Å². The fraction of sp³-hybridized carbons (Fsp3) is 0.417. The van der Waals surface area contributed by atoms with E-state index in [1.165, 1.54) is 7.11 Å². The summed E-state index contributed by atoms with van der Waals surface area (Å²) >= 11 is 0. The molecule has 0 aliphatic rings. The third kappa shape index (κ3) is 5.35. The van der Waals surface area contributed by atoms with E-state index in [0.717, 1.165) is 5.75 Å². The molecule has 1 aromatic rings. The molecular weight excluding hydrogens is 256 g/mol. The summed E-state index contributed by atoms with van der Waals surface area (Å²) in [4.78, 5) is 11.6. The summed E-state index contributed by atoms with van der Waals surface area (Å²) in [6.07, 6.45) is 0. The summed E-state index contributed by atoms with van der Waals surface area (Å²) in [5, 5.41) is 2.70. The zero-order chi connectivity index (χ0) is 12.7. The molecule has 1 rings (SSSR count). The van der Waals surface area contributed by atoms with E-state index in [4.69, 9.17) is 15.2 Å². The molecule has 18 heavy (non-hydrogen) atoms. The minimum atomic E-state index is -0.661. The van der Waals surface area contributed by atoms with Gasteiger partial charge in [-0.15, -0.1) is 12.4 Å². The second-order valence-electron chi connectivity index (χ2n) is 3.51. The average molecular weight is 275 g/mol. The largest absolute Gasteiger partial charge is 0.494 e. The summed E-state index contributed by atoms with van der Waals surface area (Å²) in [6.45, 7) is 2.73. The molecule has 0 fully saturated rings. The van der Waals surface area contributed by atoms with E-state index in [0.29, 0.717) is 12.3 Å². The van der Waals surface area contributed by atoms with Crippen LogP contribution >= 0.6 is 12.4 Å². The predicted octanol–water partition coefficient (Wildman–Crippen LogP) is 1.42. The number of amides is 1. The van der Waals surface area contributed by atoms with Crippen LogP contribution < -0.4 is 15.8 Å². The molecule has 5 nitrogen and oxygen atoms in total. The van der Waals surface area contributed by atoms with Gasteiger partial charge in [-0.1, -0.05) is 0 Å². The molecule has 0 spiro atoms. The van der Waals surface area contributed by atoms with Crippen molar-refractivity contribution in [3.05, 3.63) is 24.3 Å². The maximum Gasteiger partial charge on any atom is 0.243 e. The number of ether oxygens (including phenoxy) is 2. The Morgan fingerprint density at radius 3 is 2.50 bits per heavy atom. The van der Waals surface area contributed by atoms with Gasteiger partial charge in [0.05, 0.1) is 13.2 Å². The van der Waals surface area contributed by atoms with Crippen molar-refractivity contribution in [3.63, 3.8) is 0 Å². The molecule has 0 aromatic heterocycles. The van der Waals surface area contributed by atoms with Gasteiger partial charge in [-0.25, -0.2) is 0 Å². The number of nitrogens with one attached hydrogen (secondary N) is 1. The Bertz CT molecular complexity index is 357. The van der Waals surface area contributed by atoms with E-state index in [1.54, 1.807) is 24.3 Å². The van der Waals surface area contributed by atoms with Crippen molar-refractivity contribution >= 4 is 24.0 Å². The van der Waals surface area contributed by atoms with Crippen LogP contribution in [0.1, 0.15) is 6.92 Å². The number of benzene rings is 1. The van der Waals surface area contributed by atoms with Crippen molar-refractivity contribution in [3.8, 4) is 5.75 Å². The van der Waals surface area contributed by atoms with Gasteiger partial charge in [0.1, 0.15) is 11.8 Å². The molecule has 0 saturated carbocycles. The standard InChI is InChI=1S/C12H18N2O3.ClH/c1-3-17-10-6-4-9(5-7-10)14-12(15)11(13)8-16-2;/h4-7,11H,3,8,13H2,1-2H3,(H,14,15);1H. The number of rotatable bonds is 6. The molecule has 0 heterocycles. The topological polar surface area (TPSA) is 73.6 Å². The zero-order valence-corrected chi connectivity index (χ0v) is 11.3. The van der Waals surface area contributed by atoms with Gasteiger partial charge in [0.25, 0.3) is 0 Å². The van der Waals surface area contributed by atoms with Crippen molar-refractivity contribution in [2.24, 2.45) is 5.73 Å². The number of carbonyl (C=O) groups is 1. The molecule has 6 heteroatoms. The normalized spacial score (nSPS) is 11.3. The highest BCUT2D eigenvalue weighted by Gasteiger charge is 2.12. The summed E-state index contributed by atoms with van der Waals surface area (Å²) in [5.74, 6) is 0.502. The molecule has 0 aliphatic heterocycles. The van der Waals surface area contributed by atoms with Gasteiger partial charge in [0.15, 0.2) is 0 Å². The Morgan fingerprint density at radius 2 is 2.00 bits per heavy atom. The fourth-order valence-electron chi connectivity index (χ4n) is 1.29. The van der Waals surface area contributed by atoms with E-state index < -0.39 is 6.04 Å². The number of halogens is 1. The third-order valence-corrected chi connectivity index (χ3v) is 2.12. The second kappa shape index (κ2) is 8.74. The van der Waals surface area contributed by atoms with E-state index in [2.05, 4.69) is 5.32 Å². The quantitative estimate of drug-likeness (QED) is 0.823. The molecule has 1 unspecified atom stereocenters. The van der Waals surface area contributed by atoms with Gasteiger partial charge >= 0.3 is 0 Å². The SMILES string of the molecule is CCOc1ccc(NC(=O)C(N)COC)cc1.Cl. The Morgan fingerprint density at radius 1 is 1.39 bits per heavy atom. The minimum absolute atomic E-state index is 0. The highest BCUT2D eigenvalue weighted by molar-refractivity contribution is 5.94. The third-order valence-electron chi connectivity index (χ3n) is 2.12. The lowest BCUT2D eigenvalue weighted by atomic mass is 10.2. The zero-order valence-electron chi connectivity index (χ0n) is 10.5. The van der Waals surface area contributed by atoms with Crippen LogP contribution in [-0.4, -0.2) is 32.3 Å². The first-order valence-corrected chi connectivity index (χ1v) is 5.45. The van der Waals surface area contributed by atoms with Gasteiger partial charge in [-0.3, -0.25) is 4.79 Å². The van der Waals surface area contributed by atoms with Crippen molar-refractivity contribution in [1.82, 2.24) is 0 Å². The first kappa shape index (κ1) is 16.7. The summed E-state index contributed by atoms with van der Waals surface area (Å²) in [6, 6.07) is 6.46. The van der Waals surface area contributed by atoms with Crippen LogP contribution in [0.3, 0.4) is 0 Å². The number of carbonyl (C=O) groups excluding carboxylic acids is 1. The van der Waals surface area contributed by atoms with Gasteiger partial charge in [-0.05, 0) is 31.2 Å². The number of hydrogen-bond donors (Lipinski definition) is 2. The molecule has 0 bridgehead atoms. The smallest absolute Gasteiger partial charge is 0.243 e. The monoisotopic (exact) mass is 274 g/mol. The average Bonchev–Trinajstić information content (AvgIpc) is 2.32. The molecular formula is C12H19ClN2O3. The lowest BCUT2D eigenvalue weighted by molar-refractivity contribution is -0.118. The van der Waals surface area contributed by atoms with E-state index >= 15 is 0 Å². The first-order valence-electron chi connectivity index (χ1n) is 5.45. The molecule has 0 saturated heterocycles. The molecule has 3 N–H and O–H groups in total. The van der Waals surface area contributed by atoms with Crippen LogP contribution in [0.4, 0.5) is 5.69 Å². The summed E-state index contributed by atoms with van der Waals surface area (Å²) in [5.41, 5.74) is 6.28. The second-order valence-corrected chi connectivity index (χ2v) is 3.51.